The molecule has 0 bridgehead atoms. The molecule has 0 spiro atoms. The third-order valence-corrected chi connectivity index (χ3v) is 4.40. The fourth-order valence-electron chi connectivity index (χ4n) is 1.46. The van der Waals surface area contributed by atoms with Crippen LogP contribution in [0.1, 0.15) is 18.1 Å². The molecule has 1 saturated heterocycles. The van der Waals surface area contributed by atoms with Gasteiger partial charge >= 0.3 is 0 Å². The van der Waals surface area contributed by atoms with Gasteiger partial charge in [-0.3, -0.25) is 0 Å². The van der Waals surface area contributed by atoms with E-state index in [0.717, 1.165) is 0 Å². The van der Waals surface area contributed by atoms with Crippen LogP contribution in [0.5, 0.6) is 0 Å². The predicted molar refractivity (Wildman–Crippen MR) is 66.5 cm³/mol. The van der Waals surface area contributed by atoms with E-state index in [1.165, 1.54) is 12.1 Å². The van der Waals surface area contributed by atoms with Gasteiger partial charge in [0.15, 0.2) is 7.15 Å². The van der Waals surface area contributed by atoms with E-state index < -0.39 is 13.0 Å². The smallest absolute Gasteiger partial charge is 0.176 e. The predicted octanol–water partition coefficient (Wildman–Crippen LogP) is 4.12. The van der Waals surface area contributed by atoms with Crippen molar-refractivity contribution in [2.45, 2.75) is 12.5 Å². The summed E-state index contributed by atoms with van der Waals surface area (Å²) in [5.41, 5.74) is 0.583. The van der Waals surface area contributed by atoms with Crippen LogP contribution in [0.15, 0.2) is 12.1 Å². The minimum Gasteiger partial charge on any atom is -0.331 e. The first-order chi connectivity index (χ1) is 7.58. The van der Waals surface area contributed by atoms with E-state index in [-0.39, 0.29) is 11.1 Å². The maximum Gasteiger partial charge on any atom is 0.176 e. The third-order valence-electron chi connectivity index (χ3n) is 2.22. The summed E-state index contributed by atoms with van der Waals surface area (Å²) in [5.74, 6) is -0.505. The maximum atomic E-state index is 13.3. The van der Waals surface area contributed by atoms with Gasteiger partial charge in [0, 0.05) is 17.0 Å². The molecular weight excluding hydrogens is 293 g/mol. The van der Waals surface area contributed by atoms with Crippen LogP contribution in [0.2, 0.25) is 10.0 Å². The molecule has 1 aromatic rings. The van der Waals surface area contributed by atoms with Crippen LogP contribution in [-0.2, 0) is 20.9 Å². The van der Waals surface area contributed by atoms with Crippen molar-refractivity contribution in [2.24, 2.45) is 0 Å². The van der Waals surface area contributed by atoms with E-state index in [9.17, 15) is 4.39 Å². The van der Waals surface area contributed by atoms with Crippen LogP contribution in [0.3, 0.4) is 0 Å². The normalized spacial score (nSPS) is 25.7. The highest BCUT2D eigenvalue weighted by molar-refractivity contribution is 8.00. The van der Waals surface area contributed by atoms with E-state index >= 15 is 0 Å². The van der Waals surface area contributed by atoms with Gasteiger partial charge in [0.1, 0.15) is 5.82 Å². The van der Waals surface area contributed by atoms with Crippen molar-refractivity contribution in [3.05, 3.63) is 33.6 Å². The Morgan fingerprint density at radius 2 is 2.12 bits per heavy atom. The van der Waals surface area contributed by atoms with Gasteiger partial charge in [-0.15, -0.1) is 0 Å². The van der Waals surface area contributed by atoms with Gasteiger partial charge in [0.05, 0.1) is 17.7 Å². The Balaban J connectivity index is 2.32. The summed E-state index contributed by atoms with van der Waals surface area (Å²) in [7, 11) is -1.66. The second kappa shape index (κ2) is 5.30. The molecule has 0 aliphatic carbocycles. The molecule has 0 N–H and O–H groups in total. The Hall–Kier alpha value is 0.300. The highest BCUT2D eigenvalue weighted by atomic mass is 35.5. The van der Waals surface area contributed by atoms with E-state index in [1.54, 1.807) is 0 Å². The molecule has 2 rings (SSSR count). The van der Waals surface area contributed by atoms with Gasteiger partial charge in [-0.25, -0.2) is 4.39 Å². The lowest BCUT2D eigenvalue weighted by Crippen LogP contribution is -2.10. The van der Waals surface area contributed by atoms with Crippen molar-refractivity contribution in [2.75, 3.05) is 6.61 Å². The average molecular weight is 301 g/mol. The third kappa shape index (κ3) is 2.76. The first-order valence-electron chi connectivity index (χ1n) is 4.56. The Labute approximate surface area is 108 Å². The first-order valence-corrected chi connectivity index (χ1v) is 7.76. The van der Waals surface area contributed by atoms with Gasteiger partial charge in [-0.05, 0) is 23.9 Å². The lowest BCUT2D eigenvalue weighted by atomic mass is 10.1. The summed E-state index contributed by atoms with van der Waals surface area (Å²) in [6.45, 7) is 0.517. The molecule has 88 valence electrons. The van der Waals surface area contributed by atoms with Crippen LogP contribution in [0, 0.1) is 5.82 Å². The molecule has 2 unspecified atom stereocenters. The molecule has 1 fully saturated rings. The van der Waals surface area contributed by atoms with Gasteiger partial charge in [-0.2, -0.15) is 0 Å². The number of benzene rings is 1. The standard InChI is InChI=1S/C9H8Cl2FO2PS/c10-6-4-7(11)8(12)3-5(6)9-1-2-13-15(16)14-9/h3-4,9,15H,1-2H2. The molecule has 0 radical (unpaired) electrons. The summed E-state index contributed by atoms with van der Waals surface area (Å²) in [4.78, 5) is 0. The minimum absolute atomic E-state index is 0.00436. The Bertz CT molecular complexity index is 444. The zero-order chi connectivity index (χ0) is 11.7. The number of hydrogen-bond acceptors (Lipinski definition) is 3. The number of halogens is 3. The highest BCUT2D eigenvalue weighted by Crippen LogP contribution is 2.42. The van der Waals surface area contributed by atoms with Crippen LogP contribution in [0.25, 0.3) is 0 Å². The average Bonchev–Trinajstić information content (AvgIpc) is 2.23. The van der Waals surface area contributed by atoms with E-state index in [1.807, 2.05) is 0 Å². The number of rotatable bonds is 1. The lowest BCUT2D eigenvalue weighted by Gasteiger charge is -2.25. The minimum atomic E-state index is -1.66. The van der Waals surface area contributed by atoms with E-state index in [4.69, 9.17) is 44.1 Å². The molecule has 7 heteroatoms. The molecule has 2 nitrogen and oxygen atoms in total. The Kier molecular flexibility index (Phi) is 4.22. The summed E-state index contributed by atoms with van der Waals surface area (Å²) in [5, 5.41) is 0.396. The molecule has 1 aromatic carbocycles. The van der Waals surface area contributed by atoms with Gasteiger partial charge < -0.3 is 9.05 Å². The molecule has 1 aliphatic rings. The van der Waals surface area contributed by atoms with E-state index in [2.05, 4.69) is 0 Å². The Morgan fingerprint density at radius 3 is 2.81 bits per heavy atom. The van der Waals surface area contributed by atoms with Crippen molar-refractivity contribution >= 4 is 42.2 Å². The van der Waals surface area contributed by atoms with Crippen LogP contribution in [0.4, 0.5) is 4.39 Å². The molecule has 0 saturated carbocycles. The van der Waals surface area contributed by atoms with Crippen molar-refractivity contribution in [1.29, 1.82) is 0 Å². The summed E-state index contributed by atoms with van der Waals surface area (Å²) in [6, 6.07) is 2.67. The van der Waals surface area contributed by atoms with Gasteiger partial charge in [-0.1, -0.05) is 23.2 Å². The number of hydrogen-bond donors (Lipinski definition) is 0. The zero-order valence-corrected chi connectivity index (χ0v) is 11.3. The van der Waals surface area contributed by atoms with Crippen molar-refractivity contribution in [3.63, 3.8) is 0 Å². The zero-order valence-electron chi connectivity index (χ0n) is 8.00. The second-order valence-corrected chi connectivity index (χ2v) is 6.12. The largest absolute Gasteiger partial charge is 0.331 e. The first kappa shape index (κ1) is 12.7. The fraction of sp³-hybridized carbons (Fsp3) is 0.333. The van der Waals surface area contributed by atoms with Crippen molar-refractivity contribution < 1.29 is 13.4 Å². The lowest BCUT2D eigenvalue weighted by molar-refractivity contribution is 0.119. The van der Waals surface area contributed by atoms with Crippen LogP contribution < -0.4 is 0 Å². The molecule has 1 heterocycles. The molecule has 16 heavy (non-hydrogen) atoms. The SMILES string of the molecule is Fc1cc(C2CCO[PH](=S)O2)c(Cl)cc1Cl. The highest BCUT2D eigenvalue weighted by Gasteiger charge is 2.22. The Morgan fingerprint density at radius 1 is 1.38 bits per heavy atom. The van der Waals surface area contributed by atoms with E-state index in [0.29, 0.717) is 23.6 Å². The summed E-state index contributed by atoms with van der Waals surface area (Å²) < 4.78 is 23.9. The van der Waals surface area contributed by atoms with Crippen molar-refractivity contribution in [1.82, 2.24) is 0 Å². The monoisotopic (exact) mass is 300 g/mol. The summed E-state index contributed by atoms with van der Waals surface area (Å²) >= 11 is 16.6. The summed E-state index contributed by atoms with van der Waals surface area (Å²) in [6.07, 6.45) is 0.324. The maximum absolute atomic E-state index is 13.3. The van der Waals surface area contributed by atoms with Crippen LogP contribution in [-0.4, -0.2) is 6.61 Å². The quantitative estimate of drug-likeness (QED) is 0.574. The fourth-order valence-corrected chi connectivity index (χ4v) is 3.40. The van der Waals surface area contributed by atoms with Crippen LogP contribution >= 0.6 is 30.4 Å². The van der Waals surface area contributed by atoms with Crippen molar-refractivity contribution in [3.8, 4) is 0 Å². The molecule has 0 aromatic heterocycles. The van der Waals surface area contributed by atoms with Gasteiger partial charge in [0.2, 0.25) is 0 Å². The molecule has 1 aliphatic heterocycles. The topological polar surface area (TPSA) is 18.5 Å². The molecule has 0 amide bonds. The second-order valence-electron chi connectivity index (χ2n) is 3.28. The molecular formula is C9H8Cl2FO2PS. The molecule has 2 atom stereocenters. The van der Waals surface area contributed by atoms with Gasteiger partial charge in [0.25, 0.3) is 0 Å².